The lowest BCUT2D eigenvalue weighted by molar-refractivity contribution is -0.117. The molecule has 1 aliphatic carbocycles. The van der Waals surface area contributed by atoms with Gasteiger partial charge >= 0.3 is 0 Å². The number of para-hydroxylation sites is 1. The maximum atomic E-state index is 11.9. The smallest absolute Gasteiger partial charge is 0.238 e. The van der Waals surface area contributed by atoms with Crippen molar-refractivity contribution in [1.82, 2.24) is 4.90 Å². The van der Waals surface area contributed by atoms with Gasteiger partial charge in [0.2, 0.25) is 5.91 Å². The van der Waals surface area contributed by atoms with Crippen LogP contribution in [0.3, 0.4) is 0 Å². The monoisotopic (exact) mass is 360 g/mol. The fourth-order valence-electron chi connectivity index (χ4n) is 1.90. The highest BCUT2D eigenvalue weighted by Crippen LogP contribution is 2.26. The van der Waals surface area contributed by atoms with E-state index in [2.05, 4.69) is 27.9 Å². The molecule has 0 heterocycles. The molecule has 1 saturated carbocycles. The number of hydrogen-bond donors (Lipinski definition) is 2. The van der Waals surface area contributed by atoms with Gasteiger partial charge in [-0.3, -0.25) is 9.69 Å². The van der Waals surface area contributed by atoms with E-state index in [9.17, 15) is 4.79 Å². The van der Waals surface area contributed by atoms with Crippen molar-refractivity contribution in [3.63, 3.8) is 0 Å². The molecule has 1 aliphatic rings. The number of benzene rings is 1. The lowest BCUT2D eigenvalue weighted by Crippen LogP contribution is -2.36. The Labute approximate surface area is 121 Å². The SMILES string of the molecule is O=C(CN(CCO)C1CC1)Nc1ccccc1I. The molecule has 2 N–H and O–H groups in total. The van der Waals surface area contributed by atoms with Crippen LogP contribution < -0.4 is 5.32 Å². The molecule has 98 valence electrons. The number of aliphatic hydroxyl groups is 1. The lowest BCUT2D eigenvalue weighted by Gasteiger charge is -2.20. The molecule has 0 saturated heterocycles. The zero-order valence-electron chi connectivity index (χ0n) is 10.1. The quantitative estimate of drug-likeness (QED) is 0.760. The summed E-state index contributed by atoms with van der Waals surface area (Å²) in [5, 5.41) is 11.9. The molecule has 5 heteroatoms. The first kappa shape index (κ1) is 13.8. The van der Waals surface area contributed by atoms with Gasteiger partial charge < -0.3 is 10.4 Å². The van der Waals surface area contributed by atoms with E-state index in [4.69, 9.17) is 5.11 Å². The van der Waals surface area contributed by atoms with Crippen molar-refractivity contribution >= 4 is 34.2 Å². The lowest BCUT2D eigenvalue weighted by atomic mass is 10.3. The molecule has 2 rings (SSSR count). The van der Waals surface area contributed by atoms with Crippen molar-refractivity contribution in [3.05, 3.63) is 27.8 Å². The van der Waals surface area contributed by atoms with E-state index in [0.29, 0.717) is 19.1 Å². The van der Waals surface area contributed by atoms with Gasteiger partial charge in [-0.25, -0.2) is 0 Å². The zero-order chi connectivity index (χ0) is 13.0. The van der Waals surface area contributed by atoms with Gasteiger partial charge in [-0.05, 0) is 47.6 Å². The fraction of sp³-hybridized carbons (Fsp3) is 0.462. The van der Waals surface area contributed by atoms with E-state index in [0.717, 1.165) is 22.1 Å². The Hall–Kier alpha value is -0.660. The second-order valence-electron chi connectivity index (χ2n) is 4.45. The van der Waals surface area contributed by atoms with Crippen LogP contribution >= 0.6 is 22.6 Å². The molecule has 0 radical (unpaired) electrons. The molecule has 1 amide bonds. The molecule has 1 aromatic rings. The highest BCUT2D eigenvalue weighted by molar-refractivity contribution is 14.1. The van der Waals surface area contributed by atoms with Crippen molar-refractivity contribution < 1.29 is 9.90 Å². The molecule has 0 aliphatic heterocycles. The topological polar surface area (TPSA) is 52.6 Å². The maximum absolute atomic E-state index is 11.9. The van der Waals surface area contributed by atoms with Crippen molar-refractivity contribution in [3.8, 4) is 0 Å². The molecule has 0 unspecified atom stereocenters. The van der Waals surface area contributed by atoms with Gasteiger partial charge in [0.05, 0.1) is 18.8 Å². The summed E-state index contributed by atoms with van der Waals surface area (Å²) >= 11 is 2.20. The predicted octanol–water partition coefficient (Wildman–Crippen LogP) is 1.69. The summed E-state index contributed by atoms with van der Waals surface area (Å²) in [5.74, 6) is -0.0144. The minimum absolute atomic E-state index is 0.0144. The minimum atomic E-state index is -0.0144. The summed E-state index contributed by atoms with van der Waals surface area (Å²) < 4.78 is 1.03. The summed E-state index contributed by atoms with van der Waals surface area (Å²) in [4.78, 5) is 14.0. The van der Waals surface area contributed by atoms with Gasteiger partial charge in [-0.15, -0.1) is 0 Å². The second-order valence-corrected chi connectivity index (χ2v) is 5.62. The van der Waals surface area contributed by atoms with E-state index in [-0.39, 0.29) is 12.5 Å². The molecule has 1 fully saturated rings. The number of aliphatic hydroxyl groups excluding tert-OH is 1. The van der Waals surface area contributed by atoms with Crippen LogP contribution in [-0.2, 0) is 4.79 Å². The fourth-order valence-corrected chi connectivity index (χ4v) is 2.42. The van der Waals surface area contributed by atoms with Crippen LogP contribution in [0.2, 0.25) is 0 Å². The van der Waals surface area contributed by atoms with Gasteiger partial charge in [0.1, 0.15) is 0 Å². The molecule has 0 bridgehead atoms. The number of nitrogens with one attached hydrogen (secondary N) is 1. The third-order valence-corrected chi connectivity index (χ3v) is 3.89. The summed E-state index contributed by atoms with van der Waals surface area (Å²) in [6.45, 7) is 1.03. The van der Waals surface area contributed by atoms with E-state index in [1.165, 1.54) is 0 Å². The molecule has 18 heavy (non-hydrogen) atoms. The Kier molecular flexibility index (Phi) is 4.96. The normalized spacial score (nSPS) is 14.8. The Bertz CT molecular complexity index is 421. The van der Waals surface area contributed by atoms with E-state index >= 15 is 0 Å². The van der Waals surface area contributed by atoms with E-state index < -0.39 is 0 Å². The second kappa shape index (κ2) is 6.49. The molecule has 4 nitrogen and oxygen atoms in total. The standard InChI is InChI=1S/C13H17IN2O2/c14-11-3-1-2-4-12(11)15-13(18)9-16(7-8-17)10-5-6-10/h1-4,10,17H,5-9H2,(H,15,18). The van der Waals surface area contributed by atoms with Crippen molar-refractivity contribution in [2.24, 2.45) is 0 Å². The van der Waals surface area contributed by atoms with Crippen LogP contribution in [0.1, 0.15) is 12.8 Å². The zero-order valence-corrected chi connectivity index (χ0v) is 12.3. The van der Waals surface area contributed by atoms with Crippen molar-refractivity contribution in [1.29, 1.82) is 0 Å². The number of nitrogens with zero attached hydrogens (tertiary/aromatic N) is 1. The number of anilines is 1. The molecule has 0 aromatic heterocycles. The van der Waals surface area contributed by atoms with Gasteiger partial charge in [-0.1, -0.05) is 12.1 Å². The average Bonchev–Trinajstić information content (AvgIpc) is 3.16. The van der Waals surface area contributed by atoms with Gasteiger partial charge in [0.15, 0.2) is 0 Å². The summed E-state index contributed by atoms with van der Waals surface area (Å²) in [6.07, 6.45) is 2.27. The first-order valence-corrected chi connectivity index (χ1v) is 7.18. The largest absolute Gasteiger partial charge is 0.395 e. The number of carbonyl (C=O) groups is 1. The van der Waals surface area contributed by atoms with Crippen LogP contribution in [0, 0.1) is 3.57 Å². The van der Waals surface area contributed by atoms with Gasteiger partial charge in [0.25, 0.3) is 0 Å². The summed E-state index contributed by atoms with van der Waals surface area (Å²) in [6, 6.07) is 8.19. The number of amides is 1. The molecule has 1 aromatic carbocycles. The Morgan fingerprint density at radius 3 is 2.78 bits per heavy atom. The first-order valence-electron chi connectivity index (χ1n) is 6.10. The third kappa shape index (κ3) is 3.93. The number of rotatable bonds is 6. The Morgan fingerprint density at radius 1 is 1.44 bits per heavy atom. The average molecular weight is 360 g/mol. The van der Waals surface area contributed by atoms with Crippen LogP contribution in [0.5, 0.6) is 0 Å². The molecule has 0 atom stereocenters. The summed E-state index contributed by atoms with van der Waals surface area (Å²) in [5.41, 5.74) is 0.850. The predicted molar refractivity (Wildman–Crippen MR) is 79.5 cm³/mol. The van der Waals surface area contributed by atoms with Gasteiger partial charge in [0, 0.05) is 16.2 Å². The molecular weight excluding hydrogens is 343 g/mol. The Balaban J connectivity index is 1.89. The third-order valence-electron chi connectivity index (χ3n) is 2.95. The van der Waals surface area contributed by atoms with Crippen LogP contribution in [0.25, 0.3) is 0 Å². The summed E-state index contributed by atoms with van der Waals surface area (Å²) in [7, 11) is 0. The number of halogens is 1. The van der Waals surface area contributed by atoms with Crippen LogP contribution in [0.4, 0.5) is 5.69 Å². The van der Waals surface area contributed by atoms with Crippen molar-refractivity contribution in [2.45, 2.75) is 18.9 Å². The van der Waals surface area contributed by atoms with E-state index in [1.54, 1.807) is 0 Å². The van der Waals surface area contributed by atoms with Crippen LogP contribution in [0.15, 0.2) is 24.3 Å². The minimum Gasteiger partial charge on any atom is -0.395 e. The number of hydrogen-bond acceptors (Lipinski definition) is 3. The molecular formula is C13H17IN2O2. The van der Waals surface area contributed by atoms with Crippen LogP contribution in [-0.4, -0.2) is 41.7 Å². The number of carbonyl (C=O) groups excluding carboxylic acids is 1. The van der Waals surface area contributed by atoms with Gasteiger partial charge in [-0.2, -0.15) is 0 Å². The Morgan fingerprint density at radius 2 is 2.17 bits per heavy atom. The highest BCUT2D eigenvalue weighted by atomic mass is 127. The maximum Gasteiger partial charge on any atom is 0.238 e. The van der Waals surface area contributed by atoms with Crippen molar-refractivity contribution in [2.75, 3.05) is 25.0 Å². The van der Waals surface area contributed by atoms with E-state index in [1.807, 2.05) is 29.2 Å². The first-order chi connectivity index (χ1) is 8.70. The highest BCUT2D eigenvalue weighted by Gasteiger charge is 2.29. The molecule has 0 spiro atoms.